The average Bonchev–Trinajstić information content (AvgIpc) is 2.03. The molecule has 0 amide bonds. The molecule has 0 heterocycles. The SMILES string of the molecule is C=C(CC(C)(C)COCCN)C(=O)O. The van der Waals surface area contributed by atoms with Gasteiger partial charge in [0.2, 0.25) is 0 Å². The predicted octanol–water partition coefficient (Wildman–Crippen LogP) is 1.02. The lowest BCUT2D eigenvalue weighted by molar-refractivity contribution is -0.133. The van der Waals surface area contributed by atoms with Crippen LogP contribution in [0.1, 0.15) is 20.3 Å². The molecule has 0 radical (unpaired) electrons. The van der Waals surface area contributed by atoms with Gasteiger partial charge in [-0.1, -0.05) is 20.4 Å². The van der Waals surface area contributed by atoms with Gasteiger partial charge in [-0.2, -0.15) is 0 Å². The molecule has 0 spiro atoms. The zero-order valence-electron chi connectivity index (χ0n) is 8.88. The maximum Gasteiger partial charge on any atom is 0.330 e. The van der Waals surface area contributed by atoms with Gasteiger partial charge in [-0.25, -0.2) is 4.79 Å². The van der Waals surface area contributed by atoms with E-state index in [1.807, 2.05) is 13.8 Å². The van der Waals surface area contributed by atoms with E-state index in [9.17, 15) is 4.79 Å². The Hall–Kier alpha value is -0.870. The fourth-order valence-electron chi connectivity index (χ4n) is 1.14. The molecule has 14 heavy (non-hydrogen) atoms. The van der Waals surface area contributed by atoms with Gasteiger partial charge >= 0.3 is 5.97 Å². The fourth-order valence-corrected chi connectivity index (χ4v) is 1.14. The number of hydrogen-bond acceptors (Lipinski definition) is 3. The van der Waals surface area contributed by atoms with Crippen molar-refractivity contribution in [1.29, 1.82) is 0 Å². The summed E-state index contributed by atoms with van der Waals surface area (Å²) in [6, 6.07) is 0. The van der Waals surface area contributed by atoms with Crippen LogP contribution < -0.4 is 5.73 Å². The molecule has 0 atom stereocenters. The van der Waals surface area contributed by atoms with E-state index in [1.54, 1.807) is 0 Å². The normalized spacial score (nSPS) is 11.4. The van der Waals surface area contributed by atoms with E-state index in [-0.39, 0.29) is 11.0 Å². The largest absolute Gasteiger partial charge is 0.478 e. The highest BCUT2D eigenvalue weighted by Gasteiger charge is 2.21. The molecule has 0 saturated heterocycles. The van der Waals surface area contributed by atoms with Gasteiger partial charge in [-0.3, -0.25) is 0 Å². The summed E-state index contributed by atoms with van der Waals surface area (Å²) in [4.78, 5) is 10.5. The van der Waals surface area contributed by atoms with Crippen molar-refractivity contribution in [2.45, 2.75) is 20.3 Å². The van der Waals surface area contributed by atoms with Crippen LogP contribution in [0, 0.1) is 5.41 Å². The summed E-state index contributed by atoms with van der Waals surface area (Å²) >= 11 is 0. The van der Waals surface area contributed by atoms with Crippen molar-refractivity contribution in [3.05, 3.63) is 12.2 Å². The van der Waals surface area contributed by atoms with Crippen LogP contribution in [0.2, 0.25) is 0 Å². The lowest BCUT2D eigenvalue weighted by Crippen LogP contribution is -2.23. The maximum absolute atomic E-state index is 10.5. The van der Waals surface area contributed by atoms with Crippen LogP contribution in [-0.2, 0) is 9.53 Å². The van der Waals surface area contributed by atoms with Crippen molar-refractivity contribution < 1.29 is 14.6 Å². The molecule has 0 fully saturated rings. The van der Waals surface area contributed by atoms with Gasteiger partial charge < -0.3 is 15.6 Å². The van der Waals surface area contributed by atoms with Crippen LogP contribution in [0.3, 0.4) is 0 Å². The number of nitrogens with two attached hydrogens (primary N) is 1. The summed E-state index contributed by atoms with van der Waals surface area (Å²) in [5.74, 6) is -0.947. The third kappa shape index (κ3) is 5.72. The van der Waals surface area contributed by atoms with Crippen molar-refractivity contribution in [3.63, 3.8) is 0 Å². The molecule has 0 aromatic heterocycles. The van der Waals surface area contributed by atoms with E-state index >= 15 is 0 Å². The van der Waals surface area contributed by atoms with Crippen molar-refractivity contribution in [2.24, 2.45) is 11.1 Å². The zero-order chi connectivity index (χ0) is 11.2. The minimum atomic E-state index is -0.947. The monoisotopic (exact) mass is 201 g/mol. The molecule has 0 aromatic carbocycles. The standard InChI is InChI=1S/C10H19NO3/c1-8(9(12)13)6-10(2,3)7-14-5-4-11/h1,4-7,11H2,2-3H3,(H,12,13). The highest BCUT2D eigenvalue weighted by molar-refractivity contribution is 5.85. The van der Waals surface area contributed by atoms with Crippen LogP contribution in [0.25, 0.3) is 0 Å². The molecule has 3 N–H and O–H groups in total. The van der Waals surface area contributed by atoms with E-state index in [0.717, 1.165) is 0 Å². The van der Waals surface area contributed by atoms with Gasteiger partial charge in [0.1, 0.15) is 0 Å². The number of carbonyl (C=O) groups is 1. The molecular weight excluding hydrogens is 182 g/mol. The Bertz CT molecular complexity index is 211. The predicted molar refractivity (Wildman–Crippen MR) is 55.0 cm³/mol. The number of carboxylic acids is 1. The lowest BCUT2D eigenvalue weighted by atomic mass is 9.87. The lowest BCUT2D eigenvalue weighted by Gasteiger charge is -2.24. The van der Waals surface area contributed by atoms with E-state index in [0.29, 0.717) is 26.2 Å². The smallest absolute Gasteiger partial charge is 0.330 e. The van der Waals surface area contributed by atoms with Gasteiger partial charge in [-0.15, -0.1) is 0 Å². The second kappa shape index (κ2) is 5.78. The quantitative estimate of drug-likeness (QED) is 0.476. The molecule has 0 rings (SSSR count). The van der Waals surface area contributed by atoms with Crippen molar-refractivity contribution in [1.82, 2.24) is 0 Å². The fraction of sp³-hybridized carbons (Fsp3) is 0.700. The summed E-state index contributed by atoms with van der Waals surface area (Å²) < 4.78 is 5.27. The second-order valence-electron chi connectivity index (χ2n) is 4.09. The van der Waals surface area contributed by atoms with Gasteiger partial charge in [0.05, 0.1) is 13.2 Å². The molecule has 4 nitrogen and oxygen atoms in total. The Morgan fingerprint density at radius 2 is 2.14 bits per heavy atom. The summed E-state index contributed by atoms with van der Waals surface area (Å²) in [7, 11) is 0. The molecule has 0 aliphatic heterocycles. The molecule has 0 unspecified atom stereocenters. The van der Waals surface area contributed by atoms with Gasteiger partial charge in [0, 0.05) is 12.1 Å². The van der Waals surface area contributed by atoms with Gasteiger partial charge in [-0.05, 0) is 11.8 Å². The molecule has 0 saturated carbocycles. The third-order valence-corrected chi connectivity index (χ3v) is 1.75. The first-order valence-electron chi connectivity index (χ1n) is 4.58. The van der Waals surface area contributed by atoms with Crippen LogP contribution in [0.4, 0.5) is 0 Å². The second-order valence-corrected chi connectivity index (χ2v) is 4.09. The summed E-state index contributed by atoms with van der Waals surface area (Å²) in [6.07, 6.45) is 0.424. The van der Waals surface area contributed by atoms with Gasteiger partial charge in [0.15, 0.2) is 0 Å². The molecule has 0 aliphatic carbocycles. The summed E-state index contributed by atoms with van der Waals surface area (Å²) in [5.41, 5.74) is 5.28. The number of rotatable bonds is 7. The molecule has 4 heteroatoms. The molecule has 0 aromatic rings. The Labute approximate surface area is 84.7 Å². The maximum atomic E-state index is 10.5. The first-order chi connectivity index (χ1) is 6.39. The third-order valence-electron chi connectivity index (χ3n) is 1.75. The molecule has 0 aliphatic rings. The van der Waals surface area contributed by atoms with Crippen molar-refractivity contribution in [2.75, 3.05) is 19.8 Å². The van der Waals surface area contributed by atoms with E-state index in [4.69, 9.17) is 15.6 Å². The van der Waals surface area contributed by atoms with Crippen molar-refractivity contribution in [3.8, 4) is 0 Å². The number of hydrogen-bond donors (Lipinski definition) is 2. The Morgan fingerprint density at radius 1 is 1.57 bits per heavy atom. The Kier molecular flexibility index (Phi) is 5.42. The summed E-state index contributed by atoms with van der Waals surface area (Å²) in [5, 5.41) is 8.66. The van der Waals surface area contributed by atoms with Crippen molar-refractivity contribution >= 4 is 5.97 Å². The number of aliphatic carboxylic acids is 1. The van der Waals surface area contributed by atoms with Crippen LogP contribution in [-0.4, -0.2) is 30.8 Å². The minimum Gasteiger partial charge on any atom is -0.478 e. The Balaban J connectivity index is 3.93. The Morgan fingerprint density at radius 3 is 2.57 bits per heavy atom. The number of ether oxygens (including phenoxy) is 1. The first kappa shape index (κ1) is 13.1. The van der Waals surface area contributed by atoms with E-state index in [2.05, 4.69) is 6.58 Å². The summed E-state index contributed by atoms with van der Waals surface area (Å²) in [6.45, 7) is 8.85. The zero-order valence-corrected chi connectivity index (χ0v) is 8.88. The van der Waals surface area contributed by atoms with E-state index in [1.165, 1.54) is 0 Å². The van der Waals surface area contributed by atoms with Crippen LogP contribution in [0.15, 0.2) is 12.2 Å². The number of carboxylic acid groups (broad SMARTS) is 1. The van der Waals surface area contributed by atoms with Crippen LogP contribution >= 0.6 is 0 Å². The topological polar surface area (TPSA) is 72.5 Å². The first-order valence-corrected chi connectivity index (χ1v) is 4.58. The highest BCUT2D eigenvalue weighted by atomic mass is 16.5. The van der Waals surface area contributed by atoms with Crippen LogP contribution in [0.5, 0.6) is 0 Å². The minimum absolute atomic E-state index is 0.204. The average molecular weight is 201 g/mol. The van der Waals surface area contributed by atoms with Gasteiger partial charge in [0.25, 0.3) is 0 Å². The highest BCUT2D eigenvalue weighted by Crippen LogP contribution is 2.24. The molecule has 0 bridgehead atoms. The molecular formula is C10H19NO3. The van der Waals surface area contributed by atoms with E-state index < -0.39 is 5.97 Å². The molecule has 82 valence electrons.